The number of halogens is 2. The zero-order valence-electron chi connectivity index (χ0n) is 9.72. The van der Waals surface area contributed by atoms with Crippen LogP contribution in [-0.4, -0.2) is 19.2 Å². The lowest BCUT2D eigenvalue weighted by atomic mass is 10.1. The number of rotatable bonds is 4. The summed E-state index contributed by atoms with van der Waals surface area (Å²) in [5, 5.41) is 4.86. The Labute approximate surface area is 112 Å². The van der Waals surface area contributed by atoms with Crippen LogP contribution in [0.2, 0.25) is 10.0 Å². The average Bonchev–Trinajstić information content (AvgIpc) is 2.35. The predicted octanol–water partition coefficient (Wildman–Crippen LogP) is 3.65. The lowest BCUT2D eigenvalue weighted by molar-refractivity contribution is 0.0912. The maximum atomic E-state index is 6.06. The molecule has 0 amide bonds. The highest BCUT2D eigenvalue weighted by Crippen LogP contribution is 2.21. The van der Waals surface area contributed by atoms with Gasteiger partial charge < -0.3 is 10.1 Å². The molecule has 1 aliphatic rings. The van der Waals surface area contributed by atoms with E-state index in [-0.39, 0.29) is 0 Å². The molecule has 0 saturated carbocycles. The lowest BCUT2D eigenvalue weighted by Gasteiger charge is -2.23. The van der Waals surface area contributed by atoms with Crippen LogP contribution in [0.15, 0.2) is 18.2 Å². The van der Waals surface area contributed by atoms with Crippen molar-refractivity contribution in [1.82, 2.24) is 5.32 Å². The second-order valence-corrected chi connectivity index (χ2v) is 5.24. The van der Waals surface area contributed by atoms with Crippen LogP contribution in [0.4, 0.5) is 0 Å². The summed E-state index contributed by atoms with van der Waals surface area (Å²) in [4.78, 5) is 0. The third-order valence-corrected chi connectivity index (χ3v) is 3.60. The fraction of sp³-hybridized carbons (Fsp3) is 0.538. The van der Waals surface area contributed by atoms with Gasteiger partial charge in [-0.05, 0) is 43.1 Å². The molecule has 0 spiro atoms. The molecule has 0 radical (unpaired) electrons. The van der Waals surface area contributed by atoms with Crippen molar-refractivity contribution in [2.45, 2.75) is 31.9 Å². The van der Waals surface area contributed by atoms with Crippen LogP contribution >= 0.6 is 23.2 Å². The van der Waals surface area contributed by atoms with Crippen LogP contribution in [0.3, 0.4) is 0 Å². The minimum absolute atomic E-state index is 0.488. The summed E-state index contributed by atoms with van der Waals surface area (Å²) in [7, 11) is 0. The molecule has 0 unspecified atom stereocenters. The first-order chi connectivity index (χ1) is 8.25. The first-order valence-corrected chi connectivity index (χ1v) is 6.76. The molecule has 2 rings (SSSR count). The van der Waals surface area contributed by atoms with E-state index in [9.17, 15) is 0 Å². The van der Waals surface area contributed by atoms with Gasteiger partial charge in [-0.2, -0.15) is 0 Å². The molecule has 1 aromatic rings. The van der Waals surface area contributed by atoms with Crippen molar-refractivity contribution in [3.63, 3.8) is 0 Å². The summed E-state index contributed by atoms with van der Waals surface area (Å²) < 4.78 is 5.69. The smallest absolute Gasteiger partial charge is 0.0732 e. The molecule has 94 valence electrons. The van der Waals surface area contributed by atoms with E-state index >= 15 is 0 Å². The van der Waals surface area contributed by atoms with Crippen LogP contribution in [0.25, 0.3) is 0 Å². The van der Waals surface area contributed by atoms with Crippen LogP contribution in [0.5, 0.6) is 0 Å². The Kier molecular flexibility index (Phi) is 5.11. The Morgan fingerprint density at radius 2 is 2.18 bits per heavy atom. The van der Waals surface area contributed by atoms with Crippen LogP contribution in [-0.2, 0) is 11.3 Å². The number of piperidine rings is 1. The maximum Gasteiger partial charge on any atom is 0.0732 e. The molecule has 1 N–H and O–H groups in total. The molecule has 1 fully saturated rings. The molecule has 0 aromatic heterocycles. The van der Waals surface area contributed by atoms with Crippen molar-refractivity contribution in [3.05, 3.63) is 33.8 Å². The number of hydrogen-bond acceptors (Lipinski definition) is 2. The fourth-order valence-electron chi connectivity index (χ4n) is 2.03. The Hall–Kier alpha value is -0.280. The van der Waals surface area contributed by atoms with Gasteiger partial charge >= 0.3 is 0 Å². The van der Waals surface area contributed by atoms with Gasteiger partial charge in [0, 0.05) is 16.1 Å². The number of ether oxygens (including phenoxy) is 1. The van der Waals surface area contributed by atoms with E-state index in [1.54, 1.807) is 12.1 Å². The van der Waals surface area contributed by atoms with Crippen molar-refractivity contribution < 1.29 is 4.74 Å². The SMILES string of the molecule is Clc1ccc(Cl)c(COC[C@@H]2CCCCN2)c1. The summed E-state index contributed by atoms with van der Waals surface area (Å²) in [6, 6.07) is 5.94. The van der Waals surface area contributed by atoms with E-state index in [2.05, 4.69) is 5.32 Å². The molecule has 1 saturated heterocycles. The third-order valence-electron chi connectivity index (χ3n) is 3.00. The molecule has 0 bridgehead atoms. The Morgan fingerprint density at radius 3 is 2.94 bits per heavy atom. The van der Waals surface area contributed by atoms with E-state index in [1.807, 2.05) is 6.07 Å². The Balaban J connectivity index is 1.79. The highest BCUT2D eigenvalue weighted by Gasteiger charge is 2.12. The minimum atomic E-state index is 0.488. The number of nitrogens with one attached hydrogen (secondary N) is 1. The van der Waals surface area contributed by atoms with Crippen LogP contribution in [0.1, 0.15) is 24.8 Å². The molecule has 2 nitrogen and oxygen atoms in total. The summed E-state index contributed by atoms with van der Waals surface area (Å²) in [6.45, 7) is 2.37. The van der Waals surface area contributed by atoms with Gasteiger partial charge in [0.05, 0.1) is 13.2 Å². The quantitative estimate of drug-likeness (QED) is 0.904. The summed E-state index contributed by atoms with van der Waals surface area (Å²) >= 11 is 12.0. The van der Waals surface area contributed by atoms with E-state index in [0.29, 0.717) is 22.7 Å². The van der Waals surface area contributed by atoms with Gasteiger partial charge in [-0.1, -0.05) is 29.6 Å². The number of hydrogen-bond donors (Lipinski definition) is 1. The average molecular weight is 274 g/mol. The van der Waals surface area contributed by atoms with Crippen molar-refractivity contribution in [3.8, 4) is 0 Å². The zero-order chi connectivity index (χ0) is 12.1. The van der Waals surface area contributed by atoms with Gasteiger partial charge in [0.2, 0.25) is 0 Å². The van der Waals surface area contributed by atoms with Crippen LogP contribution in [0, 0.1) is 0 Å². The topological polar surface area (TPSA) is 21.3 Å². The van der Waals surface area contributed by atoms with Gasteiger partial charge in [-0.3, -0.25) is 0 Å². The van der Waals surface area contributed by atoms with E-state index in [0.717, 1.165) is 18.7 Å². The van der Waals surface area contributed by atoms with Crippen molar-refractivity contribution in [1.29, 1.82) is 0 Å². The Bertz CT molecular complexity index is 364. The first kappa shape index (κ1) is 13.2. The van der Waals surface area contributed by atoms with Gasteiger partial charge in [0.15, 0.2) is 0 Å². The van der Waals surface area contributed by atoms with Gasteiger partial charge in [-0.15, -0.1) is 0 Å². The summed E-state index contributed by atoms with van der Waals surface area (Å²) in [6.07, 6.45) is 3.76. The minimum Gasteiger partial charge on any atom is -0.375 e. The molecular weight excluding hydrogens is 257 g/mol. The fourth-order valence-corrected chi connectivity index (χ4v) is 2.40. The van der Waals surface area contributed by atoms with E-state index in [4.69, 9.17) is 27.9 Å². The molecule has 1 atom stereocenters. The second kappa shape index (κ2) is 6.60. The predicted molar refractivity (Wildman–Crippen MR) is 71.8 cm³/mol. The van der Waals surface area contributed by atoms with Gasteiger partial charge in [0.1, 0.15) is 0 Å². The molecule has 1 aliphatic heterocycles. The molecule has 1 aromatic carbocycles. The van der Waals surface area contributed by atoms with Crippen molar-refractivity contribution >= 4 is 23.2 Å². The normalized spacial score (nSPS) is 20.5. The molecule has 1 heterocycles. The van der Waals surface area contributed by atoms with Crippen molar-refractivity contribution in [2.75, 3.05) is 13.2 Å². The Morgan fingerprint density at radius 1 is 1.29 bits per heavy atom. The number of benzene rings is 1. The molecule has 4 heteroatoms. The molecule has 0 aliphatic carbocycles. The van der Waals surface area contributed by atoms with Gasteiger partial charge in [-0.25, -0.2) is 0 Å². The molecular formula is C13H17Cl2NO. The lowest BCUT2D eigenvalue weighted by Crippen LogP contribution is -2.37. The monoisotopic (exact) mass is 273 g/mol. The second-order valence-electron chi connectivity index (χ2n) is 4.40. The maximum absolute atomic E-state index is 6.06. The largest absolute Gasteiger partial charge is 0.375 e. The molecule has 17 heavy (non-hydrogen) atoms. The zero-order valence-corrected chi connectivity index (χ0v) is 11.2. The summed E-state index contributed by atoms with van der Waals surface area (Å²) in [5.74, 6) is 0. The highest BCUT2D eigenvalue weighted by atomic mass is 35.5. The van der Waals surface area contributed by atoms with E-state index in [1.165, 1.54) is 19.3 Å². The van der Waals surface area contributed by atoms with E-state index < -0.39 is 0 Å². The first-order valence-electron chi connectivity index (χ1n) is 6.01. The highest BCUT2D eigenvalue weighted by molar-refractivity contribution is 6.33. The van der Waals surface area contributed by atoms with Crippen molar-refractivity contribution in [2.24, 2.45) is 0 Å². The summed E-state index contributed by atoms with van der Waals surface area (Å²) in [5.41, 5.74) is 0.954. The third kappa shape index (κ3) is 4.14. The van der Waals surface area contributed by atoms with Gasteiger partial charge in [0.25, 0.3) is 0 Å². The van der Waals surface area contributed by atoms with Crippen LogP contribution < -0.4 is 5.32 Å². The standard InChI is InChI=1S/C13H17Cl2NO/c14-11-4-5-13(15)10(7-11)8-17-9-12-3-1-2-6-16-12/h4-5,7,12,16H,1-3,6,8-9H2/t12-/m0/s1.